The Balaban J connectivity index is 1.33. The molecule has 0 aliphatic heterocycles. The molecule has 7 heteroatoms. The van der Waals surface area contributed by atoms with E-state index < -0.39 is 0 Å². The van der Waals surface area contributed by atoms with Crippen LogP contribution >= 0.6 is 11.6 Å². The Hall–Kier alpha value is -4.16. The number of aromatic nitrogens is 2. The van der Waals surface area contributed by atoms with Crippen LogP contribution < -0.4 is 10.2 Å². The molecule has 4 rings (SSSR count). The molecule has 0 unspecified atom stereocenters. The molecule has 0 saturated carbocycles. The first-order chi connectivity index (χ1) is 16.6. The average Bonchev–Trinajstić information content (AvgIpc) is 3.35. The van der Waals surface area contributed by atoms with Gasteiger partial charge in [0.25, 0.3) is 5.91 Å². The van der Waals surface area contributed by atoms with Gasteiger partial charge in [-0.2, -0.15) is 10.2 Å². The number of halogens is 1. The van der Waals surface area contributed by atoms with Gasteiger partial charge in [-0.3, -0.25) is 9.89 Å². The molecule has 6 nitrogen and oxygen atoms in total. The molecule has 1 amide bonds. The quantitative estimate of drug-likeness (QED) is 0.240. The number of ether oxygens (including phenoxy) is 1. The van der Waals surface area contributed by atoms with Gasteiger partial charge >= 0.3 is 0 Å². The van der Waals surface area contributed by atoms with Crippen molar-refractivity contribution >= 4 is 29.8 Å². The molecule has 0 bridgehead atoms. The molecule has 1 aromatic heterocycles. The van der Waals surface area contributed by atoms with Crippen LogP contribution in [0.4, 0.5) is 0 Å². The van der Waals surface area contributed by atoms with Gasteiger partial charge in [0, 0.05) is 16.1 Å². The summed E-state index contributed by atoms with van der Waals surface area (Å²) in [5.41, 5.74) is 7.23. The molecule has 0 aliphatic carbocycles. The summed E-state index contributed by atoms with van der Waals surface area (Å²) in [4.78, 5) is 12.4. The second-order valence-corrected chi connectivity index (χ2v) is 7.98. The van der Waals surface area contributed by atoms with Gasteiger partial charge in [-0.05, 0) is 54.5 Å². The van der Waals surface area contributed by atoms with E-state index in [1.165, 1.54) is 0 Å². The average molecular weight is 471 g/mol. The third kappa shape index (κ3) is 6.21. The lowest BCUT2D eigenvalue weighted by Gasteiger charge is -2.08. The number of amides is 1. The number of carbonyl (C=O) groups excluding carboxylic acids is 1. The molecule has 3 aromatic carbocycles. The van der Waals surface area contributed by atoms with Crippen LogP contribution in [0.2, 0.25) is 5.02 Å². The summed E-state index contributed by atoms with van der Waals surface area (Å²) in [6.45, 7) is 2.30. The monoisotopic (exact) mass is 470 g/mol. The highest BCUT2D eigenvalue weighted by Gasteiger charge is 2.10. The van der Waals surface area contributed by atoms with Crippen LogP contribution in [0.5, 0.6) is 5.75 Å². The summed E-state index contributed by atoms with van der Waals surface area (Å²) in [6.07, 6.45) is 3.58. The number of H-pyrrole nitrogens is 1. The Morgan fingerprint density at radius 1 is 1.06 bits per heavy atom. The van der Waals surface area contributed by atoms with Crippen molar-refractivity contribution in [1.29, 1.82) is 0 Å². The minimum Gasteiger partial charge on any atom is -0.489 e. The summed E-state index contributed by atoms with van der Waals surface area (Å²) in [5.74, 6) is 0.340. The molecular weight excluding hydrogens is 448 g/mol. The Labute approximate surface area is 202 Å². The number of hydrogen-bond acceptors (Lipinski definition) is 4. The van der Waals surface area contributed by atoms with Crippen molar-refractivity contribution in [2.45, 2.75) is 13.5 Å². The highest BCUT2D eigenvalue weighted by molar-refractivity contribution is 6.31. The lowest BCUT2D eigenvalue weighted by atomic mass is 10.1. The molecule has 0 radical (unpaired) electrons. The van der Waals surface area contributed by atoms with Gasteiger partial charge in [0.1, 0.15) is 18.1 Å². The normalized spacial score (nSPS) is 11.5. The summed E-state index contributed by atoms with van der Waals surface area (Å²) in [6, 6.07) is 26.6. The standard InChI is InChI=1S/C27H23ClN4O2/c1-19(15-20-7-3-2-4-8-20)17-29-32-27(33)26-16-25(30-31-26)21-11-13-23(14-12-21)34-18-22-9-5-6-10-24(22)28/h2-17H,18H2,1H3,(H,30,31)(H,32,33)/b19-15-,29-17-. The summed E-state index contributed by atoms with van der Waals surface area (Å²) in [5, 5.41) is 11.7. The molecule has 2 N–H and O–H groups in total. The smallest absolute Gasteiger partial charge is 0.289 e. The largest absolute Gasteiger partial charge is 0.489 e. The van der Waals surface area contributed by atoms with Crippen LogP contribution in [-0.2, 0) is 6.61 Å². The molecule has 0 fully saturated rings. The van der Waals surface area contributed by atoms with Crippen LogP contribution in [0.1, 0.15) is 28.5 Å². The first-order valence-electron chi connectivity index (χ1n) is 10.7. The fraction of sp³-hybridized carbons (Fsp3) is 0.0741. The van der Waals surface area contributed by atoms with E-state index in [4.69, 9.17) is 16.3 Å². The second kappa shape index (κ2) is 11.1. The van der Waals surface area contributed by atoms with Crippen molar-refractivity contribution in [3.8, 4) is 17.0 Å². The molecule has 0 saturated heterocycles. The van der Waals surface area contributed by atoms with Crippen molar-refractivity contribution in [3.63, 3.8) is 0 Å². The van der Waals surface area contributed by atoms with Crippen LogP contribution in [0.3, 0.4) is 0 Å². The minimum absolute atomic E-state index is 0.316. The Morgan fingerprint density at radius 3 is 2.56 bits per heavy atom. The lowest BCUT2D eigenvalue weighted by molar-refractivity contribution is 0.0950. The van der Waals surface area contributed by atoms with Crippen molar-refractivity contribution in [1.82, 2.24) is 15.6 Å². The number of rotatable bonds is 8. The minimum atomic E-state index is -0.373. The van der Waals surface area contributed by atoms with E-state index in [9.17, 15) is 4.79 Å². The molecular formula is C27H23ClN4O2. The van der Waals surface area contributed by atoms with Gasteiger partial charge in [0.05, 0.1) is 11.9 Å². The van der Waals surface area contributed by atoms with E-state index in [-0.39, 0.29) is 5.91 Å². The second-order valence-electron chi connectivity index (χ2n) is 7.57. The summed E-state index contributed by atoms with van der Waals surface area (Å²) in [7, 11) is 0. The van der Waals surface area contributed by atoms with E-state index in [0.717, 1.165) is 22.3 Å². The summed E-state index contributed by atoms with van der Waals surface area (Å²) >= 11 is 6.17. The van der Waals surface area contributed by atoms with E-state index in [1.807, 2.05) is 91.9 Å². The summed E-state index contributed by atoms with van der Waals surface area (Å²) < 4.78 is 5.81. The van der Waals surface area contributed by atoms with Crippen LogP contribution in [0.25, 0.3) is 17.3 Å². The maximum Gasteiger partial charge on any atom is 0.289 e. The zero-order chi connectivity index (χ0) is 23.8. The molecule has 0 aliphatic rings. The number of hydrogen-bond donors (Lipinski definition) is 2. The lowest BCUT2D eigenvalue weighted by Crippen LogP contribution is -2.17. The number of carbonyl (C=O) groups is 1. The Morgan fingerprint density at radius 2 is 1.79 bits per heavy atom. The van der Waals surface area contributed by atoms with E-state index in [0.29, 0.717) is 28.8 Å². The predicted molar refractivity (Wildman–Crippen MR) is 136 cm³/mol. The van der Waals surface area contributed by atoms with Gasteiger partial charge in [-0.1, -0.05) is 66.2 Å². The number of benzene rings is 3. The SMILES string of the molecule is CC(/C=N\NC(=O)c1cc(-c2ccc(OCc3ccccc3Cl)cc2)n[nH]1)=C/c1ccccc1. The number of hydrazone groups is 1. The Kier molecular flexibility index (Phi) is 7.53. The van der Waals surface area contributed by atoms with Crippen LogP contribution in [0, 0.1) is 0 Å². The Bertz CT molecular complexity index is 1310. The zero-order valence-electron chi connectivity index (χ0n) is 18.5. The van der Waals surface area contributed by atoms with Crippen LogP contribution in [0.15, 0.2) is 95.6 Å². The number of nitrogens with zero attached hydrogens (tertiary/aromatic N) is 2. The maximum absolute atomic E-state index is 12.4. The van der Waals surface area contributed by atoms with Crippen molar-refractivity contribution in [2.75, 3.05) is 0 Å². The fourth-order valence-electron chi connectivity index (χ4n) is 3.19. The van der Waals surface area contributed by atoms with Crippen molar-refractivity contribution in [2.24, 2.45) is 5.10 Å². The molecule has 4 aromatic rings. The highest BCUT2D eigenvalue weighted by atomic mass is 35.5. The first kappa shape index (κ1) is 23.0. The third-order valence-corrected chi connectivity index (χ3v) is 5.32. The van der Waals surface area contributed by atoms with Gasteiger partial charge in [0.15, 0.2) is 0 Å². The third-order valence-electron chi connectivity index (χ3n) is 4.95. The molecule has 170 valence electrons. The zero-order valence-corrected chi connectivity index (χ0v) is 19.3. The molecule has 0 atom stereocenters. The first-order valence-corrected chi connectivity index (χ1v) is 11.0. The number of nitrogens with one attached hydrogen (secondary N) is 2. The number of aromatic amines is 1. The van der Waals surface area contributed by atoms with Gasteiger partial charge in [0.2, 0.25) is 0 Å². The van der Waals surface area contributed by atoms with Crippen molar-refractivity contribution < 1.29 is 9.53 Å². The van der Waals surface area contributed by atoms with E-state index >= 15 is 0 Å². The van der Waals surface area contributed by atoms with Crippen molar-refractivity contribution in [3.05, 3.63) is 112 Å². The van der Waals surface area contributed by atoms with Crippen LogP contribution in [-0.4, -0.2) is 22.3 Å². The van der Waals surface area contributed by atoms with E-state index in [2.05, 4.69) is 20.7 Å². The molecule has 1 heterocycles. The topological polar surface area (TPSA) is 79.4 Å². The maximum atomic E-state index is 12.4. The highest BCUT2D eigenvalue weighted by Crippen LogP contribution is 2.23. The molecule has 34 heavy (non-hydrogen) atoms. The van der Waals surface area contributed by atoms with E-state index in [1.54, 1.807) is 12.3 Å². The van der Waals surface area contributed by atoms with Gasteiger partial charge < -0.3 is 4.74 Å². The molecule has 0 spiro atoms. The van der Waals surface area contributed by atoms with Gasteiger partial charge in [-0.15, -0.1) is 0 Å². The predicted octanol–water partition coefficient (Wildman–Crippen LogP) is 6.13. The van der Waals surface area contributed by atoms with Gasteiger partial charge in [-0.25, -0.2) is 5.43 Å². The fourth-order valence-corrected chi connectivity index (χ4v) is 3.38. The number of allylic oxidation sites excluding steroid dienone is 1.